The van der Waals surface area contributed by atoms with Crippen LogP contribution in [0.4, 0.5) is 0 Å². The van der Waals surface area contributed by atoms with Gasteiger partial charge in [0.15, 0.2) is 0 Å². The summed E-state index contributed by atoms with van der Waals surface area (Å²) >= 11 is 6.12. The molecule has 0 aromatic heterocycles. The Kier molecular flexibility index (Phi) is 4.88. The van der Waals surface area contributed by atoms with E-state index < -0.39 is 0 Å². The van der Waals surface area contributed by atoms with E-state index in [4.69, 9.17) is 11.6 Å². The minimum absolute atomic E-state index is 0.431. The minimum atomic E-state index is 0.431. The van der Waals surface area contributed by atoms with E-state index in [0.29, 0.717) is 6.04 Å². The second-order valence-corrected chi connectivity index (χ2v) is 7.25. The second-order valence-electron chi connectivity index (χ2n) is 6.81. The molecule has 21 heavy (non-hydrogen) atoms. The topological polar surface area (TPSA) is 15.3 Å². The van der Waals surface area contributed by atoms with Gasteiger partial charge in [-0.3, -0.25) is 0 Å². The maximum absolute atomic E-state index is 6.12. The van der Waals surface area contributed by atoms with Gasteiger partial charge in [0.05, 0.1) is 0 Å². The van der Waals surface area contributed by atoms with Crippen molar-refractivity contribution in [3.05, 3.63) is 34.9 Å². The molecular formula is C18H27ClN2. The minimum Gasteiger partial charge on any atom is -0.310 e. The van der Waals surface area contributed by atoms with Crippen LogP contribution in [0, 0.1) is 5.92 Å². The zero-order chi connectivity index (χ0) is 14.8. The van der Waals surface area contributed by atoms with Gasteiger partial charge in [-0.1, -0.05) is 30.7 Å². The lowest BCUT2D eigenvalue weighted by atomic mass is 9.90. The average Bonchev–Trinajstić information content (AvgIpc) is 2.71. The van der Waals surface area contributed by atoms with Crippen LogP contribution in [0.5, 0.6) is 0 Å². The summed E-state index contributed by atoms with van der Waals surface area (Å²) in [5.74, 6) is 0.840. The van der Waals surface area contributed by atoms with Gasteiger partial charge in [-0.05, 0) is 69.3 Å². The van der Waals surface area contributed by atoms with Crippen LogP contribution in [0.3, 0.4) is 0 Å². The highest BCUT2D eigenvalue weighted by atomic mass is 35.5. The first-order chi connectivity index (χ1) is 10.2. The first-order valence-corrected chi connectivity index (χ1v) is 8.76. The summed E-state index contributed by atoms with van der Waals surface area (Å²) in [6.07, 6.45) is 6.66. The molecule has 2 bridgehead atoms. The number of hydrogen-bond donors (Lipinski definition) is 1. The lowest BCUT2D eigenvalue weighted by Gasteiger charge is -2.37. The number of rotatable bonds is 5. The van der Waals surface area contributed by atoms with Crippen molar-refractivity contribution >= 4 is 11.6 Å². The maximum atomic E-state index is 6.12. The summed E-state index contributed by atoms with van der Waals surface area (Å²) in [5.41, 5.74) is 1.32. The summed E-state index contributed by atoms with van der Waals surface area (Å²) in [4.78, 5) is 2.62. The lowest BCUT2D eigenvalue weighted by molar-refractivity contribution is 0.131. The molecule has 0 radical (unpaired) electrons. The van der Waals surface area contributed by atoms with Gasteiger partial charge in [0.1, 0.15) is 0 Å². The molecule has 3 rings (SSSR count). The quantitative estimate of drug-likeness (QED) is 0.874. The molecule has 116 valence electrons. The fourth-order valence-electron chi connectivity index (χ4n) is 4.22. The molecule has 0 saturated carbocycles. The fraction of sp³-hybridized carbons (Fsp3) is 0.667. The SMILES string of the molecule is CCC(NCC1CC2CCC(C1)N2C)c1cccc(Cl)c1. The van der Waals surface area contributed by atoms with E-state index in [2.05, 4.69) is 42.4 Å². The molecule has 0 spiro atoms. The number of nitrogens with zero attached hydrogens (tertiary/aromatic N) is 1. The van der Waals surface area contributed by atoms with Crippen molar-refractivity contribution < 1.29 is 0 Å². The smallest absolute Gasteiger partial charge is 0.0409 e. The normalized spacial score (nSPS) is 30.5. The number of hydrogen-bond acceptors (Lipinski definition) is 2. The van der Waals surface area contributed by atoms with E-state index in [1.165, 1.54) is 31.2 Å². The molecule has 2 fully saturated rings. The Bertz CT molecular complexity index is 462. The van der Waals surface area contributed by atoms with Gasteiger partial charge in [0.2, 0.25) is 0 Å². The van der Waals surface area contributed by atoms with Crippen molar-refractivity contribution in [2.75, 3.05) is 13.6 Å². The molecule has 2 aliphatic rings. The number of piperidine rings is 1. The highest BCUT2D eigenvalue weighted by molar-refractivity contribution is 6.30. The summed E-state index contributed by atoms with van der Waals surface area (Å²) in [6.45, 7) is 3.39. The van der Waals surface area contributed by atoms with Gasteiger partial charge < -0.3 is 10.2 Å². The number of nitrogens with one attached hydrogen (secondary N) is 1. The molecule has 3 heteroatoms. The summed E-state index contributed by atoms with van der Waals surface area (Å²) in [6, 6.07) is 10.4. The molecule has 3 atom stereocenters. The van der Waals surface area contributed by atoms with Crippen molar-refractivity contribution in [2.24, 2.45) is 5.92 Å². The molecule has 2 nitrogen and oxygen atoms in total. The average molecular weight is 307 g/mol. The Morgan fingerprint density at radius 3 is 2.62 bits per heavy atom. The van der Waals surface area contributed by atoms with E-state index in [0.717, 1.165) is 36.0 Å². The van der Waals surface area contributed by atoms with Gasteiger partial charge in [-0.15, -0.1) is 0 Å². The van der Waals surface area contributed by atoms with Crippen molar-refractivity contribution in [3.8, 4) is 0 Å². The second kappa shape index (κ2) is 6.68. The van der Waals surface area contributed by atoms with Crippen LogP contribution in [0.15, 0.2) is 24.3 Å². The van der Waals surface area contributed by atoms with Crippen LogP contribution in [0.2, 0.25) is 5.02 Å². The van der Waals surface area contributed by atoms with E-state index in [-0.39, 0.29) is 0 Å². The van der Waals surface area contributed by atoms with Crippen LogP contribution in [-0.4, -0.2) is 30.6 Å². The van der Waals surface area contributed by atoms with Gasteiger partial charge >= 0.3 is 0 Å². The summed E-state index contributed by atoms with van der Waals surface area (Å²) in [5, 5.41) is 4.63. The molecule has 2 heterocycles. The largest absolute Gasteiger partial charge is 0.310 e. The first-order valence-electron chi connectivity index (χ1n) is 8.38. The fourth-order valence-corrected chi connectivity index (χ4v) is 4.42. The third-order valence-electron chi connectivity index (χ3n) is 5.51. The van der Waals surface area contributed by atoms with Crippen LogP contribution in [0.1, 0.15) is 50.6 Å². The Morgan fingerprint density at radius 2 is 2.00 bits per heavy atom. The Morgan fingerprint density at radius 1 is 1.29 bits per heavy atom. The van der Waals surface area contributed by atoms with Crippen molar-refractivity contribution in [1.82, 2.24) is 10.2 Å². The molecule has 2 aliphatic heterocycles. The third kappa shape index (κ3) is 3.44. The molecule has 1 N–H and O–H groups in total. The van der Waals surface area contributed by atoms with Crippen molar-refractivity contribution in [2.45, 2.75) is 57.2 Å². The highest BCUT2D eigenvalue weighted by Gasteiger charge is 2.38. The highest BCUT2D eigenvalue weighted by Crippen LogP contribution is 2.37. The van der Waals surface area contributed by atoms with E-state index in [1.807, 2.05) is 6.07 Å². The van der Waals surface area contributed by atoms with Gasteiger partial charge in [-0.25, -0.2) is 0 Å². The van der Waals surface area contributed by atoms with Crippen molar-refractivity contribution in [3.63, 3.8) is 0 Å². The predicted octanol–water partition coefficient (Wildman–Crippen LogP) is 4.25. The molecule has 2 saturated heterocycles. The van der Waals surface area contributed by atoms with E-state index in [1.54, 1.807) is 0 Å². The zero-order valence-electron chi connectivity index (χ0n) is 13.2. The monoisotopic (exact) mass is 306 g/mol. The van der Waals surface area contributed by atoms with Crippen LogP contribution in [0.25, 0.3) is 0 Å². The number of fused-ring (bicyclic) bond motifs is 2. The summed E-state index contributed by atoms with van der Waals surface area (Å²) < 4.78 is 0. The van der Waals surface area contributed by atoms with Gasteiger partial charge in [-0.2, -0.15) is 0 Å². The van der Waals surface area contributed by atoms with Crippen molar-refractivity contribution in [1.29, 1.82) is 0 Å². The lowest BCUT2D eigenvalue weighted by Crippen LogP contribution is -2.42. The standard InChI is InChI=1S/C18H27ClN2/c1-3-18(14-5-4-6-15(19)11-14)20-12-13-9-16-7-8-17(10-13)21(16)2/h4-6,11,13,16-18,20H,3,7-10,12H2,1-2H3. The molecule has 1 aromatic carbocycles. The maximum Gasteiger partial charge on any atom is 0.0409 e. The molecule has 0 aliphatic carbocycles. The number of halogens is 1. The summed E-state index contributed by atoms with van der Waals surface area (Å²) in [7, 11) is 2.31. The van der Waals surface area contributed by atoms with E-state index >= 15 is 0 Å². The van der Waals surface area contributed by atoms with Gasteiger partial charge in [0, 0.05) is 23.1 Å². The molecular weight excluding hydrogens is 280 g/mol. The molecule has 3 unspecified atom stereocenters. The third-order valence-corrected chi connectivity index (χ3v) is 5.74. The van der Waals surface area contributed by atoms with Gasteiger partial charge in [0.25, 0.3) is 0 Å². The Hall–Kier alpha value is -0.570. The number of benzene rings is 1. The molecule has 0 amide bonds. The van der Waals surface area contributed by atoms with Crippen LogP contribution >= 0.6 is 11.6 Å². The zero-order valence-corrected chi connectivity index (χ0v) is 13.9. The first kappa shape index (κ1) is 15.3. The van der Waals surface area contributed by atoms with Crippen LogP contribution in [-0.2, 0) is 0 Å². The Labute approximate surface area is 133 Å². The van der Waals surface area contributed by atoms with E-state index in [9.17, 15) is 0 Å². The molecule has 1 aromatic rings. The van der Waals surface area contributed by atoms with Crippen LogP contribution < -0.4 is 5.32 Å². The Balaban J connectivity index is 1.56. The predicted molar refractivity (Wildman–Crippen MR) is 89.8 cm³/mol.